The van der Waals surface area contributed by atoms with Crippen LogP contribution in [-0.2, 0) is 36.2 Å². The van der Waals surface area contributed by atoms with E-state index in [9.17, 15) is 4.57 Å². The first kappa shape index (κ1) is 26.6. The minimum absolute atomic E-state index is 0.0152. The van der Waals surface area contributed by atoms with Crippen LogP contribution in [0.2, 0.25) is 0 Å². The van der Waals surface area contributed by atoms with Crippen LogP contribution in [0, 0.1) is 0 Å². The Labute approximate surface area is 211 Å². The molecule has 0 saturated carbocycles. The van der Waals surface area contributed by atoms with E-state index in [4.69, 9.17) is 30.0 Å². The fraction of sp³-hybridized carbons (Fsp3) is 0.444. The van der Waals surface area contributed by atoms with Crippen LogP contribution in [0.25, 0.3) is 22.3 Å². The predicted octanol–water partition coefficient (Wildman–Crippen LogP) is 0.957. The maximum atomic E-state index is 12.4. The first-order valence-corrected chi connectivity index (χ1v) is 13.4. The summed E-state index contributed by atoms with van der Waals surface area (Å²) in [7, 11) is 2.51. The molecule has 36 heavy (non-hydrogen) atoms. The van der Waals surface area contributed by atoms with Crippen LogP contribution in [0.4, 0.5) is 11.6 Å². The maximum absolute atomic E-state index is 12.4. The lowest BCUT2D eigenvalue weighted by Crippen LogP contribution is -2.25. The summed E-state index contributed by atoms with van der Waals surface area (Å²) in [6.07, 6.45) is 5.73. The summed E-state index contributed by atoms with van der Waals surface area (Å²) in [4.78, 5) is 24.8. The summed E-state index contributed by atoms with van der Waals surface area (Å²) < 4.78 is 38.3. The Bertz CT molecular complexity index is 1220. The summed E-state index contributed by atoms with van der Waals surface area (Å²) in [6, 6.07) is 0. The van der Waals surface area contributed by atoms with Gasteiger partial charge < -0.3 is 30.1 Å². The molecule has 0 aliphatic rings. The predicted molar refractivity (Wildman–Crippen MR) is 138 cm³/mol. The molecular weight excluding hydrogens is 529 g/mol. The molecule has 0 bridgehead atoms. The Morgan fingerprint density at radius 2 is 1.22 bits per heavy atom. The van der Waals surface area contributed by atoms with Gasteiger partial charge in [0.25, 0.3) is 0 Å². The van der Waals surface area contributed by atoms with Crippen LogP contribution in [0.5, 0.6) is 0 Å². The summed E-state index contributed by atoms with van der Waals surface area (Å²) >= 11 is 0. The number of hydrogen-bond acceptors (Lipinski definition) is 13. The molecule has 0 aromatic carbocycles. The highest BCUT2D eigenvalue weighted by molar-refractivity contribution is 7.33. The second-order valence-electron chi connectivity index (χ2n) is 7.38. The van der Waals surface area contributed by atoms with E-state index in [1.165, 1.54) is 12.7 Å². The standard InChI is InChI=1S/C18H26N10O5P3/c19-15-13-17(23-5-21-15)27(7-25-13)1-11(30-9-34)3-32-36(29)33-4-12(31-10-35)2-28-8-26-14-16(20)22-6-24-18(14)28/h5-8,11-12H,1-4,9-10,34-35H2,(H2,19,21,23)(H2,20,22,24)/q+1. The third kappa shape index (κ3) is 6.43. The zero-order chi connectivity index (χ0) is 25.5. The second kappa shape index (κ2) is 12.6. The van der Waals surface area contributed by atoms with E-state index >= 15 is 0 Å². The van der Waals surface area contributed by atoms with E-state index < -0.39 is 20.5 Å². The highest BCUT2D eigenvalue weighted by Crippen LogP contribution is 2.26. The summed E-state index contributed by atoms with van der Waals surface area (Å²) in [5.74, 6) is 0.578. The van der Waals surface area contributed by atoms with Crippen molar-refractivity contribution < 1.29 is 23.1 Å². The van der Waals surface area contributed by atoms with Gasteiger partial charge in [0.05, 0.1) is 38.4 Å². The van der Waals surface area contributed by atoms with E-state index in [1.807, 2.05) is 0 Å². The zero-order valence-electron chi connectivity index (χ0n) is 19.1. The topological polar surface area (TPSA) is 193 Å². The van der Waals surface area contributed by atoms with E-state index in [-0.39, 0.29) is 24.8 Å². The van der Waals surface area contributed by atoms with Gasteiger partial charge in [-0.15, -0.1) is 27.5 Å². The van der Waals surface area contributed by atoms with Gasteiger partial charge in [-0.1, -0.05) is 0 Å². The first-order valence-electron chi connectivity index (χ1n) is 10.7. The largest absolute Gasteiger partial charge is 0.697 e. The number of anilines is 2. The van der Waals surface area contributed by atoms with Gasteiger partial charge in [-0.25, -0.2) is 29.9 Å². The van der Waals surface area contributed by atoms with Gasteiger partial charge in [0.2, 0.25) is 0 Å². The van der Waals surface area contributed by atoms with Crippen LogP contribution < -0.4 is 11.5 Å². The van der Waals surface area contributed by atoms with E-state index in [0.29, 0.717) is 48.1 Å². The first-order chi connectivity index (χ1) is 17.5. The van der Waals surface area contributed by atoms with Gasteiger partial charge in [-0.2, -0.15) is 0 Å². The molecule has 18 heteroatoms. The molecule has 4 heterocycles. The number of nitrogens with two attached hydrogens (primary N) is 2. The lowest BCUT2D eigenvalue weighted by Gasteiger charge is -2.16. The molecule has 0 radical (unpaired) electrons. The highest BCUT2D eigenvalue weighted by Gasteiger charge is 2.27. The zero-order valence-corrected chi connectivity index (χ0v) is 22.3. The molecule has 0 aliphatic heterocycles. The molecule has 0 spiro atoms. The molecule has 15 nitrogen and oxygen atoms in total. The van der Waals surface area contributed by atoms with Crippen LogP contribution >= 0.6 is 26.7 Å². The molecule has 4 aromatic heterocycles. The molecule has 0 saturated heterocycles. The summed E-state index contributed by atoms with van der Waals surface area (Å²) in [5.41, 5.74) is 13.8. The molecule has 192 valence electrons. The van der Waals surface area contributed by atoms with Crippen molar-refractivity contribution in [3.63, 3.8) is 0 Å². The van der Waals surface area contributed by atoms with Crippen molar-refractivity contribution in [3.8, 4) is 0 Å². The fourth-order valence-electron chi connectivity index (χ4n) is 3.41. The third-order valence-corrected chi connectivity index (χ3v) is 6.16. The van der Waals surface area contributed by atoms with Crippen molar-refractivity contribution in [1.29, 1.82) is 0 Å². The number of ether oxygens (including phenoxy) is 2. The maximum Gasteiger partial charge on any atom is 0.697 e. The SMILES string of the molecule is Nc1ncnc2c1ncn2CC(CO[P+](=O)OCC(Cn1cnc2c(N)ncnc21)OCP)OCP. The van der Waals surface area contributed by atoms with Crippen LogP contribution in [-0.4, -0.2) is 77.2 Å². The lowest BCUT2D eigenvalue weighted by molar-refractivity contribution is 0.0189. The van der Waals surface area contributed by atoms with Crippen molar-refractivity contribution in [2.75, 3.05) is 37.4 Å². The van der Waals surface area contributed by atoms with Gasteiger partial charge in [-0.3, -0.25) is 0 Å². The fourth-order valence-corrected chi connectivity index (χ4v) is 4.60. The van der Waals surface area contributed by atoms with Gasteiger partial charge in [-0.05, 0) is 0 Å². The number of fused-ring (bicyclic) bond motifs is 2. The van der Waals surface area contributed by atoms with Crippen molar-refractivity contribution >= 4 is 60.7 Å². The third-order valence-electron chi connectivity index (χ3n) is 5.06. The minimum atomic E-state index is -2.44. The summed E-state index contributed by atoms with van der Waals surface area (Å²) in [6.45, 7) is 0.729. The lowest BCUT2D eigenvalue weighted by atomic mass is 10.3. The Morgan fingerprint density at radius 1 is 0.778 bits per heavy atom. The number of imidazole rings is 2. The average molecular weight is 555 g/mol. The van der Waals surface area contributed by atoms with E-state index in [0.717, 1.165) is 0 Å². The van der Waals surface area contributed by atoms with Gasteiger partial charge in [0, 0.05) is 4.57 Å². The number of aromatic nitrogens is 8. The number of nitrogens with zero attached hydrogens (tertiary/aromatic N) is 8. The van der Waals surface area contributed by atoms with Crippen LogP contribution in [0.15, 0.2) is 25.3 Å². The van der Waals surface area contributed by atoms with Crippen LogP contribution in [0.1, 0.15) is 0 Å². The van der Waals surface area contributed by atoms with Crippen LogP contribution in [0.3, 0.4) is 0 Å². The number of hydrogen-bond donors (Lipinski definition) is 2. The Kier molecular flexibility index (Phi) is 9.33. The minimum Gasteiger partial charge on any atom is -0.382 e. The van der Waals surface area contributed by atoms with E-state index in [1.54, 1.807) is 21.8 Å². The molecule has 4 rings (SSSR count). The molecule has 4 atom stereocenters. The second-order valence-corrected chi connectivity index (χ2v) is 9.01. The van der Waals surface area contributed by atoms with Gasteiger partial charge >= 0.3 is 8.25 Å². The Hall–Kier alpha value is -2.50. The quantitative estimate of drug-likeness (QED) is 0.209. The summed E-state index contributed by atoms with van der Waals surface area (Å²) in [5, 5.41) is 0. The molecule has 0 amide bonds. The molecule has 4 N–H and O–H groups in total. The number of nitrogen functional groups attached to an aromatic ring is 2. The van der Waals surface area contributed by atoms with E-state index in [2.05, 4.69) is 48.4 Å². The van der Waals surface area contributed by atoms with Crippen molar-refractivity contribution in [2.45, 2.75) is 25.3 Å². The Balaban J connectivity index is 1.31. The van der Waals surface area contributed by atoms with Gasteiger partial charge in [0.1, 0.15) is 49.1 Å². The monoisotopic (exact) mass is 555 g/mol. The molecule has 4 aromatic rings. The molecule has 4 unspecified atom stereocenters. The molecule has 0 aliphatic carbocycles. The Morgan fingerprint density at radius 3 is 1.64 bits per heavy atom. The molecule has 0 fully saturated rings. The highest BCUT2D eigenvalue weighted by atomic mass is 31.1. The number of rotatable bonds is 14. The average Bonchev–Trinajstić information content (AvgIpc) is 3.47. The van der Waals surface area contributed by atoms with Crippen molar-refractivity contribution in [1.82, 2.24) is 39.0 Å². The smallest absolute Gasteiger partial charge is 0.382 e. The van der Waals surface area contributed by atoms with Crippen molar-refractivity contribution in [3.05, 3.63) is 25.3 Å². The normalized spacial score (nSPS) is 13.9. The van der Waals surface area contributed by atoms with Gasteiger partial charge in [0.15, 0.2) is 22.9 Å². The van der Waals surface area contributed by atoms with Crippen molar-refractivity contribution in [2.24, 2.45) is 0 Å². The molecular formula is C18H26N10O5P3+.